The van der Waals surface area contributed by atoms with Gasteiger partial charge >= 0.3 is 5.97 Å². The van der Waals surface area contributed by atoms with Crippen LogP contribution in [0.15, 0.2) is 35.9 Å². The number of cyclic esters (lactones) is 1. The Morgan fingerprint density at radius 2 is 2.10 bits per heavy atom. The number of aromatic amines is 1. The molecule has 1 aromatic carbocycles. The maximum atomic E-state index is 15.2. The molecule has 5 heterocycles. The van der Waals surface area contributed by atoms with E-state index in [2.05, 4.69) is 15.6 Å². The van der Waals surface area contributed by atoms with Gasteiger partial charge in [-0.2, -0.15) is 0 Å². The summed E-state index contributed by atoms with van der Waals surface area (Å²) in [5.74, 6) is -6.28. The molecule has 1 saturated carbocycles. The zero-order valence-corrected chi connectivity index (χ0v) is 22.6. The van der Waals surface area contributed by atoms with Crippen molar-refractivity contribution in [2.24, 2.45) is 11.8 Å². The van der Waals surface area contributed by atoms with E-state index in [-0.39, 0.29) is 31.0 Å². The third kappa shape index (κ3) is 4.93. The highest BCUT2D eigenvalue weighted by Gasteiger charge is 2.60. The number of halogens is 2. The summed E-state index contributed by atoms with van der Waals surface area (Å²) in [6.07, 6.45) is 2.61. The molecule has 5 fully saturated rings. The van der Waals surface area contributed by atoms with Gasteiger partial charge in [0.15, 0.2) is 0 Å². The first-order valence-electron chi connectivity index (χ1n) is 14.0. The topological polar surface area (TPSA) is 130 Å². The Labute approximate surface area is 234 Å². The molecule has 3 N–H and O–H groups in total. The summed E-state index contributed by atoms with van der Waals surface area (Å²) in [6, 6.07) is 3.89. The summed E-state index contributed by atoms with van der Waals surface area (Å²) in [7, 11) is 1.52. The number of nitrogens with zero attached hydrogens (tertiary/aromatic N) is 1. The Morgan fingerprint density at radius 1 is 1.27 bits per heavy atom. The number of benzene rings is 1. The Bertz CT molecular complexity index is 1440. The number of alkyl halides is 2. The number of carbonyl (C=O) groups excluding carboxylic acids is 4. The number of rotatable bonds is 7. The van der Waals surface area contributed by atoms with Gasteiger partial charge in [-0.05, 0) is 43.9 Å². The predicted octanol–water partition coefficient (Wildman–Crippen LogP) is 2.69. The van der Waals surface area contributed by atoms with Crippen molar-refractivity contribution in [3.8, 4) is 5.75 Å². The second-order valence-electron chi connectivity index (χ2n) is 11.3. The molecule has 3 amide bonds. The molecule has 4 aliphatic heterocycles. The van der Waals surface area contributed by atoms with Gasteiger partial charge in [0.25, 0.3) is 11.8 Å². The van der Waals surface area contributed by atoms with Crippen LogP contribution >= 0.6 is 0 Å². The first-order chi connectivity index (χ1) is 19.7. The number of ether oxygens (including phenoxy) is 2. The van der Waals surface area contributed by atoms with Crippen LogP contribution in [0.4, 0.5) is 8.78 Å². The fourth-order valence-electron chi connectivity index (χ4n) is 6.81. The van der Waals surface area contributed by atoms with Crippen molar-refractivity contribution < 1.29 is 37.4 Å². The molecule has 7 rings (SSSR count). The zero-order chi connectivity index (χ0) is 28.9. The number of methoxy groups -OCH3 is 1. The molecule has 5 atom stereocenters. The van der Waals surface area contributed by atoms with Gasteiger partial charge in [-0.1, -0.05) is 12.1 Å². The average molecular weight is 571 g/mol. The second-order valence-corrected chi connectivity index (χ2v) is 11.3. The largest absolute Gasteiger partial charge is 0.496 e. The maximum absolute atomic E-state index is 15.2. The normalized spacial score (nSPS) is 28.6. The number of piperidine rings is 2. The second kappa shape index (κ2) is 10.5. The number of nitrogens with one attached hydrogen (secondary N) is 3. The molecular formula is C29H32F2N4O6. The summed E-state index contributed by atoms with van der Waals surface area (Å²) >= 11 is 0. The van der Waals surface area contributed by atoms with E-state index >= 15 is 8.78 Å². The lowest BCUT2D eigenvalue weighted by atomic mass is 9.71. The summed E-state index contributed by atoms with van der Waals surface area (Å²) in [5, 5.41) is 6.25. The molecule has 0 spiro atoms. The van der Waals surface area contributed by atoms with E-state index in [9.17, 15) is 19.2 Å². The van der Waals surface area contributed by atoms with Crippen molar-refractivity contribution in [2.45, 2.75) is 62.6 Å². The van der Waals surface area contributed by atoms with Gasteiger partial charge in [0.05, 0.1) is 19.6 Å². The van der Waals surface area contributed by atoms with Gasteiger partial charge in [-0.3, -0.25) is 14.4 Å². The molecule has 41 heavy (non-hydrogen) atoms. The van der Waals surface area contributed by atoms with Crippen LogP contribution in [0.3, 0.4) is 0 Å². The quantitative estimate of drug-likeness (QED) is 0.347. The molecule has 1 aromatic heterocycles. The number of H-pyrrole nitrogens is 1. The highest BCUT2D eigenvalue weighted by Crippen LogP contribution is 2.49. The first kappa shape index (κ1) is 27.2. The molecule has 0 radical (unpaired) electrons. The van der Waals surface area contributed by atoms with Crippen molar-refractivity contribution in [1.82, 2.24) is 20.5 Å². The van der Waals surface area contributed by atoms with Crippen LogP contribution in [0.1, 0.15) is 49.0 Å². The highest BCUT2D eigenvalue weighted by atomic mass is 19.3. The Morgan fingerprint density at radius 3 is 2.78 bits per heavy atom. The number of aromatic nitrogens is 1. The van der Waals surface area contributed by atoms with Crippen LogP contribution in [0, 0.1) is 11.8 Å². The van der Waals surface area contributed by atoms with E-state index in [0.717, 1.165) is 0 Å². The molecule has 5 aliphatic rings. The number of carbonyl (C=O) groups is 4. The van der Waals surface area contributed by atoms with Crippen molar-refractivity contribution in [3.63, 3.8) is 0 Å². The smallest absolute Gasteiger partial charge is 0.333 e. The molecule has 10 nitrogen and oxygen atoms in total. The molecule has 2 bridgehead atoms. The molecule has 4 saturated heterocycles. The lowest BCUT2D eigenvalue weighted by Gasteiger charge is -2.53. The summed E-state index contributed by atoms with van der Waals surface area (Å²) in [4.78, 5) is 56.6. The lowest BCUT2D eigenvalue weighted by Crippen LogP contribution is -2.68. The number of hydrogen-bond donors (Lipinski definition) is 3. The fourth-order valence-corrected chi connectivity index (χ4v) is 6.81. The van der Waals surface area contributed by atoms with Crippen LogP contribution in [-0.4, -0.2) is 77.9 Å². The minimum absolute atomic E-state index is 0.100. The van der Waals surface area contributed by atoms with E-state index in [0.29, 0.717) is 48.0 Å². The minimum Gasteiger partial charge on any atom is -0.496 e. The van der Waals surface area contributed by atoms with Crippen LogP contribution in [0.2, 0.25) is 0 Å². The Balaban J connectivity index is 1.32. The average Bonchev–Trinajstić information content (AvgIpc) is 3.67. The van der Waals surface area contributed by atoms with Crippen molar-refractivity contribution in [2.75, 3.05) is 20.3 Å². The lowest BCUT2D eigenvalue weighted by molar-refractivity contribution is -0.179. The highest BCUT2D eigenvalue weighted by molar-refractivity contribution is 6.02. The molecule has 12 heteroatoms. The molecule has 1 aliphatic carbocycles. The third-order valence-corrected chi connectivity index (χ3v) is 8.81. The standard InChI is InChI=1S/C29H32F2N4O6/c1-40-23-4-2-3-21-19(23)13-22(34-21)27(38)35-18-5-6-20(29(30,31)14-18)24(35)26(37)33-17(11-15-7-9-32-25(15)36)12-16-8-10-41-28(16)39/h2-4,12-13,15,17-18,20,24,34H,5-11,14H2,1H3,(H,32,36)(H,33,37)/b16-12-/t15-,17-,18-,20-,24-/m0/s1. The molecule has 218 valence electrons. The van der Waals surface area contributed by atoms with Crippen LogP contribution in [-0.2, 0) is 19.1 Å². The van der Waals surface area contributed by atoms with Crippen molar-refractivity contribution >= 4 is 34.6 Å². The van der Waals surface area contributed by atoms with Crippen molar-refractivity contribution in [1.29, 1.82) is 0 Å². The predicted molar refractivity (Wildman–Crippen MR) is 142 cm³/mol. The van der Waals surface area contributed by atoms with Crippen LogP contribution < -0.4 is 15.4 Å². The van der Waals surface area contributed by atoms with Gasteiger partial charge in [-0.15, -0.1) is 0 Å². The third-order valence-electron chi connectivity index (χ3n) is 8.81. The Hall–Kier alpha value is -3.96. The molecule has 2 aromatic rings. The zero-order valence-electron chi connectivity index (χ0n) is 22.6. The van der Waals surface area contributed by atoms with E-state index in [4.69, 9.17) is 9.47 Å². The van der Waals surface area contributed by atoms with Gasteiger partial charge in [0.2, 0.25) is 11.8 Å². The summed E-state index contributed by atoms with van der Waals surface area (Å²) in [5.41, 5.74) is 1.18. The minimum atomic E-state index is -3.13. The summed E-state index contributed by atoms with van der Waals surface area (Å²) < 4.78 is 40.9. The van der Waals surface area contributed by atoms with Gasteiger partial charge in [0.1, 0.15) is 17.5 Å². The maximum Gasteiger partial charge on any atom is 0.333 e. The van der Waals surface area contributed by atoms with E-state index in [1.54, 1.807) is 30.3 Å². The van der Waals surface area contributed by atoms with Crippen LogP contribution in [0.5, 0.6) is 5.75 Å². The van der Waals surface area contributed by atoms with E-state index in [1.165, 1.54) is 12.0 Å². The SMILES string of the molecule is COc1cccc2[nH]c(C(=O)N3[C@H]4CC[C@@H]([C@H]3C(=O)N[C@H](/C=C3/CCOC3=O)C[C@@H]3CCNC3=O)C(F)(F)C4)cc12. The Kier molecular flexibility index (Phi) is 6.95. The number of esters is 1. The van der Waals surface area contributed by atoms with Gasteiger partial charge in [-0.25, -0.2) is 13.6 Å². The van der Waals surface area contributed by atoms with Gasteiger partial charge in [0, 0.05) is 53.9 Å². The molecular weight excluding hydrogens is 538 g/mol. The molecule has 0 unspecified atom stereocenters. The first-order valence-corrected chi connectivity index (χ1v) is 14.0. The van der Waals surface area contributed by atoms with E-state index in [1.807, 2.05) is 0 Å². The summed E-state index contributed by atoms with van der Waals surface area (Å²) in [6.45, 7) is 0.713. The van der Waals surface area contributed by atoms with Crippen molar-refractivity contribution in [3.05, 3.63) is 41.6 Å². The van der Waals surface area contributed by atoms with E-state index < -0.39 is 60.1 Å². The number of fused-ring (bicyclic) bond motifs is 4. The monoisotopic (exact) mass is 570 g/mol. The number of hydrogen-bond acceptors (Lipinski definition) is 6. The fraction of sp³-hybridized carbons (Fsp3) is 0.517. The van der Waals surface area contributed by atoms with Crippen LogP contribution in [0.25, 0.3) is 10.9 Å². The van der Waals surface area contributed by atoms with Gasteiger partial charge < -0.3 is 30.0 Å². The number of amides is 3.